The topological polar surface area (TPSA) is 63.4 Å². The molecule has 1 fully saturated rings. The van der Waals surface area contributed by atoms with E-state index in [1.165, 1.54) is 17.0 Å². The van der Waals surface area contributed by atoms with Crippen molar-refractivity contribution in [2.75, 3.05) is 6.54 Å². The predicted molar refractivity (Wildman–Crippen MR) is 76.3 cm³/mol. The first-order chi connectivity index (χ1) is 9.85. The van der Waals surface area contributed by atoms with E-state index in [1.807, 2.05) is 0 Å². The van der Waals surface area contributed by atoms with E-state index in [0.717, 1.165) is 0 Å². The Labute approximate surface area is 123 Å². The van der Waals surface area contributed by atoms with Crippen molar-refractivity contribution < 1.29 is 14.0 Å². The fourth-order valence-electron chi connectivity index (χ4n) is 2.31. The van der Waals surface area contributed by atoms with Crippen molar-refractivity contribution in [1.29, 1.82) is 0 Å². The van der Waals surface area contributed by atoms with Crippen molar-refractivity contribution in [2.24, 2.45) is 11.1 Å². The zero-order chi connectivity index (χ0) is 15.6. The zero-order valence-corrected chi connectivity index (χ0v) is 12.1. The molecule has 5 heteroatoms. The summed E-state index contributed by atoms with van der Waals surface area (Å²) in [4.78, 5) is 25.4. The standard InChI is InChI=1S/C16H17FN2O2/c1-16(2)9-14(20)19(15(16)21)10-12-5-6-13(17)8-11(12)4-3-7-18/h5-6,8H,7,9-10,18H2,1-2H3. The SMILES string of the molecule is CC1(C)CC(=O)N(Cc2ccc(F)cc2C#CCN)C1=O. The van der Waals surface area contributed by atoms with Crippen molar-refractivity contribution in [2.45, 2.75) is 26.8 Å². The summed E-state index contributed by atoms with van der Waals surface area (Å²) in [5.41, 5.74) is 5.73. The van der Waals surface area contributed by atoms with E-state index in [9.17, 15) is 14.0 Å². The van der Waals surface area contributed by atoms with E-state index in [2.05, 4.69) is 11.8 Å². The van der Waals surface area contributed by atoms with Crippen molar-refractivity contribution in [3.63, 3.8) is 0 Å². The smallest absolute Gasteiger partial charge is 0.235 e. The number of likely N-dealkylation sites (tertiary alicyclic amines) is 1. The molecule has 21 heavy (non-hydrogen) atoms. The molecule has 2 rings (SSSR count). The Morgan fingerprint density at radius 1 is 1.38 bits per heavy atom. The number of amides is 2. The number of nitrogens with two attached hydrogens (primary N) is 1. The van der Waals surface area contributed by atoms with Crippen LogP contribution in [0.15, 0.2) is 18.2 Å². The van der Waals surface area contributed by atoms with Gasteiger partial charge >= 0.3 is 0 Å². The molecule has 1 aromatic carbocycles. The molecule has 1 aromatic rings. The summed E-state index contributed by atoms with van der Waals surface area (Å²) in [7, 11) is 0. The van der Waals surface area contributed by atoms with Crippen LogP contribution in [0.4, 0.5) is 4.39 Å². The number of rotatable bonds is 2. The first-order valence-electron chi connectivity index (χ1n) is 6.67. The van der Waals surface area contributed by atoms with Crippen LogP contribution in [0.25, 0.3) is 0 Å². The minimum Gasteiger partial charge on any atom is -0.320 e. The van der Waals surface area contributed by atoms with Gasteiger partial charge in [-0.05, 0) is 17.7 Å². The third-order valence-corrected chi connectivity index (χ3v) is 3.44. The molecular formula is C16H17FN2O2. The molecular weight excluding hydrogens is 271 g/mol. The predicted octanol–water partition coefficient (Wildman–Crippen LogP) is 1.42. The number of hydrogen-bond acceptors (Lipinski definition) is 3. The molecule has 2 amide bonds. The van der Waals surface area contributed by atoms with Gasteiger partial charge in [-0.25, -0.2) is 4.39 Å². The summed E-state index contributed by atoms with van der Waals surface area (Å²) in [6.07, 6.45) is 0.191. The largest absolute Gasteiger partial charge is 0.320 e. The van der Waals surface area contributed by atoms with Gasteiger partial charge < -0.3 is 5.73 Å². The summed E-state index contributed by atoms with van der Waals surface area (Å²) >= 11 is 0. The van der Waals surface area contributed by atoms with Crippen molar-refractivity contribution in [1.82, 2.24) is 4.90 Å². The number of halogens is 1. The Bertz CT molecular complexity index is 656. The van der Waals surface area contributed by atoms with Crippen LogP contribution < -0.4 is 5.73 Å². The van der Waals surface area contributed by atoms with Gasteiger partial charge in [0.15, 0.2) is 0 Å². The van der Waals surface area contributed by atoms with Crippen LogP contribution in [0.1, 0.15) is 31.4 Å². The molecule has 0 bridgehead atoms. The van der Waals surface area contributed by atoms with Crippen LogP contribution >= 0.6 is 0 Å². The highest BCUT2D eigenvalue weighted by atomic mass is 19.1. The first-order valence-corrected chi connectivity index (χ1v) is 6.67. The molecule has 0 aromatic heterocycles. The van der Waals surface area contributed by atoms with Crippen LogP contribution in [-0.2, 0) is 16.1 Å². The van der Waals surface area contributed by atoms with E-state index >= 15 is 0 Å². The maximum atomic E-state index is 13.3. The molecule has 110 valence electrons. The minimum atomic E-state index is -0.680. The molecule has 0 spiro atoms. The first kappa shape index (κ1) is 15.2. The van der Waals surface area contributed by atoms with E-state index in [1.54, 1.807) is 19.9 Å². The minimum absolute atomic E-state index is 0.107. The molecule has 0 atom stereocenters. The van der Waals surface area contributed by atoms with Crippen molar-refractivity contribution in [3.8, 4) is 11.8 Å². The fourth-order valence-corrected chi connectivity index (χ4v) is 2.31. The van der Waals surface area contributed by atoms with E-state index in [0.29, 0.717) is 11.1 Å². The molecule has 4 nitrogen and oxygen atoms in total. The Morgan fingerprint density at radius 2 is 2.10 bits per heavy atom. The monoisotopic (exact) mass is 288 g/mol. The quantitative estimate of drug-likeness (QED) is 0.661. The molecule has 1 aliphatic rings. The Balaban J connectivity index is 2.32. The van der Waals surface area contributed by atoms with Crippen LogP contribution in [0.2, 0.25) is 0 Å². The fraction of sp³-hybridized carbons (Fsp3) is 0.375. The van der Waals surface area contributed by atoms with E-state index < -0.39 is 11.2 Å². The summed E-state index contributed by atoms with van der Waals surface area (Å²) in [6.45, 7) is 3.75. The van der Waals surface area contributed by atoms with E-state index in [-0.39, 0.29) is 31.3 Å². The molecule has 1 heterocycles. The Hall–Kier alpha value is -2.19. The second kappa shape index (κ2) is 5.66. The number of benzene rings is 1. The number of imide groups is 1. The summed E-state index contributed by atoms with van der Waals surface area (Å²) in [5, 5.41) is 0. The molecule has 1 saturated heterocycles. The zero-order valence-electron chi connectivity index (χ0n) is 12.1. The van der Waals surface area contributed by atoms with Gasteiger partial charge in [-0.2, -0.15) is 0 Å². The van der Waals surface area contributed by atoms with Crippen LogP contribution in [0, 0.1) is 23.1 Å². The lowest BCUT2D eigenvalue weighted by molar-refractivity contribution is -0.141. The summed E-state index contributed by atoms with van der Waals surface area (Å²) in [6, 6.07) is 4.12. The molecule has 0 radical (unpaired) electrons. The normalized spacial score (nSPS) is 16.9. The van der Waals surface area contributed by atoms with Crippen molar-refractivity contribution >= 4 is 11.8 Å². The summed E-state index contributed by atoms with van der Waals surface area (Å²) in [5.74, 6) is 4.59. The lowest BCUT2D eigenvalue weighted by Gasteiger charge is -2.18. The third kappa shape index (κ3) is 3.11. The highest BCUT2D eigenvalue weighted by Gasteiger charge is 2.44. The van der Waals surface area contributed by atoms with Gasteiger partial charge in [0.2, 0.25) is 11.8 Å². The highest BCUT2D eigenvalue weighted by molar-refractivity contribution is 6.05. The van der Waals surface area contributed by atoms with Gasteiger partial charge in [0.25, 0.3) is 0 Å². The third-order valence-electron chi connectivity index (χ3n) is 3.44. The number of nitrogens with zero attached hydrogens (tertiary/aromatic N) is 1. The van der Waals surface area contributed by atoms with E-state index in [4.69, 9.17) is 5.73 Å². The maximum Gasteiger partial charge on any atom is 0.235 e. The average molecular weight is 288 g/mol. The van der Waals surface area contributed by atoms with Crippen LogP contribution in [0.3, 0.4) is 0 Å². The number of carbonyl (C=O) groups excluding carboxylic acids is 2. The second-order valence-electron chi connectivity index (χ2n) is 5.65. The molecule has 0 saturated carbocycles. The van der Waals surface area contributed by atoms with Gasteiger partial charge in [-0.1, -0.05) is 31.8 Å². The second-order valence-corrected chi connectivity index (χ2v) is 5.65. The van der Waals surface area contributed by atoms with Gasteiger partial charge in [0.1, 0.15) is 5.82 Å². The lowest BCUT2D eigenvalue weighted by Crippen LogP contribution is -2.32. The van der Waals surface area contributed by atoms with Crippen LogP contribution in [-0.4, -0.2) is 23.3 Å². The van der Waals surface area contributed by atoms with Gasteiger partial charge in [-0.3, -0.25) is 14.5 Å². The summed E-state index contributed by atoms with van der Waals surface area (Å²) < 4.78 is 13.3. The van der Waals surface area contributed by atoms with Crippen molar-refractivity contribution in [3.05, 3.63) is 35.1 Å². The average Bonchev–Trinajstić information content (AvgIpc) is 2.60. The Kier molecular flexibility index (Phi) is 4.10. The molecule has 0 aliphatic carbocycles. The lowest BCUT2D eigenvalue weighted by atomic mass is 9.92. The highest BCUT2D eigenvalue weighted by Crippen LogP contribution is 2.32. The number of carbonyl (C=O) groups is 2. The van der Waals surface area contributed by atoms with Gasteiger partial charge in [0.05, 0.1) is 18.5 Å². The maximum absolute atomic E-state index is 13.3. The Morgan fingerprint density at radius 3 is 2.67 bits per heavy atom. The molecule has 0 unspecified atom stereocenters. The van der Waals surface area contributed by atoms with Gasteiger partial charge in [-0.15, -0.1) is 0 Å². The molecule has 1 aliphatic heterocycles. The van der Waals surface area contributed by atoms with Crippen LogP contribution in [0.5, 0.6) is 0 Å². The number of hydrogen-bond donors (Lipinski definition) is 1. The molecule has 2 N–H and O–H groups in total. The van der Waals surface area contributed by atoms with Gasteiger partial charge in [0, 0.05) is 12.0 Å².